The summed E-state index contributed by atoms with van der Waals surface area (Å²) < 4.78 is 11.3. The molecule has 0 bridgehead atoms. The first-order valence-electron chi connectivity index (χ1n) is 11.1. The SMILES string of the molecule is O=C([O-])COc1cc(-c2ccccc2)nc(-c2ccc3cc(OCc4ccccc4)ccc3c2)n1.[K+]. The molecule has 5 aromatic rings. The molecule has 5 rings (SSSR count). The van der Waals surface area contributed by atoms with Crippen LogP contribution >= 0.6 is 0 Å². The molecule has 0 N–H and O–H groups in total. The van der Waals surface area contributed by atoms with Gasteiger partial charge in [-0.1, -0.05) is 78.9 Å². The van der Waals surface area contributed by atoms with Crippen LogP contribution < -0.4 is 66.0 Å². The molecule has 1 heterocycles. The number of rotatable bonds is 8. The zero-order valence-corrected chi connectivity index (χ0v) is 22.9. The van der Waals surface area contributed by atoms with E-state index in [-0.39, 0.29) is 57.3 Å². The molecule has 0 fully saturated rings. The van der Waals surface area contributed by atoms with Gasteiger partial charge in [0.05, 0.1) is 11.7 Å². The van der Waals surface area contributed by atoms with E-state index in [0.717, 1.165) is 33.2 Å². The number of nitrogens with zero attached hydrogens (tertiary/aromatic N) is 2. The normalized spacial score (nSPS) is 10.4. The molecule has 0 amide bonds. The number of carbonyl (C=O) groups excluding carboxylic acids is 1. The van der Waals surface area contributed by atoms with Crippen molar-refractivity contribution in [1.29, 1.82) is 0 Å². The third kappa shape index (κ3) is 6.57. The molecule has 0 saturated heterocycles. The molecule has 0 saturated carbocycles. The van der Waals surface area contributed by atoms with E-state index in [2.05, 4.69) is 4.98 Å². The summed E-state index contributed by atoms with van der Waals surface area (Å²) in [6, 6.07) is 33.1. The van der Waals surface area contributed by atoms with Gasteiger partial charge in [0, 0.05) is 17.2 Å². The summed E-state index contributed by atoms with van der Waals surface area (Å²) in [4.78, 5) is 20.0. The van der Waals surface area contributed by atoms with E-state index in [1.807, 2.05) is 97.1 Å². The first kappa shape index (κ1) is 26.0. The number of benzene rings is 4. The Hall–Kier alpha value is -3.07. The van der Waals surface area contributed by atoms with Crippen molar-refractivity contribution in [2.75, 3.05) is 6.61 Å². The molecule has 0 aliphatic heterocycles. The molecule has 36 heavy (non-hydrogen) atoms. The number of carboxylic acids is 1. The van der Waals surface area contributed by atoms with Crippen LogP contribution in [0.3, 0.4) is 0 Å². The van der Waals surface area contributed by atoms with Crippen LogP contribution in [0, 0.1) is 0 Å². The summed E-state index contributed by atoms with van der Waals surface area (Å²) in [5, 5.41) is 12.9. The quantitative estimate of drug-likeness (QED) is 0.302. The maximum atomic E-state index is 10.9. The Morgan fingerprint density at radius 3 is 2.17 bits per heavy atom. The van der Waals surface area contributed by atoms with Crippen molar-refractivity contribution in [3.05, 3.63) is 109 Å². The number of hydrogen-bond acceptors (Lipinski definition) is 6. The Bertz CT molecular complexity index is 1480. The molecule has 172 valence electrons. The fourth-order valence-electron chi connectivity index (χ4n) is 3.71. The summed E-state index contributed by atoms with van der Waals surface area (Å²) in [5.74, 6) is 0.0747. The largest absolute Gasteiger partial charge is 1.00 e. The fourth-order valence-corrected chi connectivity index (χ4v) is 3.71. The first-order valence-corrected chi connectivity index (χ1v) is 11.1. The van der Waals surface area contributed by atoms with Crippen LogP contribution in [0.15, 0.2) is 103 Å². The molecule has 0 spiro atoms. The van der Waals surface area contributed by atoms with Gasteiger partial charge >= 0.3 is 51.4 Å². The van der Waals surface area contributed by atoms with Crippen LogP contribution in [0.25, 0.3) is 33.4 Å². The Labute approximate surface area is 251 Å². The average Bonchev–Trinajstić information content (AvgIpc) is 2.91. The maximum absolute atomic E-state index is 10.9. The van der Waals surface area contributed by atoms with Crippen LogP contribution in [0.5, 0.6) is 11.6 Å². The van der Waals surface area contributed by atoms with Gasteiger partial charge in [-0.05, 0) is 34.5 Å². The van der Waals surface area contributed by atoms with E-state index in [0.29, 0.717) is 18.1 Å². The second kappa shape index (κ2) is 12.3. The van der Waals surface area contributed by atoms with Gasteiger partial charge in [-0.15, -0.1) is 0 Å². The van der Waals surface area contributed by atoms with Crippen molar-refractivity contribution in [3.63, 3.8) is 0 Å². The Morgan fingerprint density at radius 1 is 0.722 bits per heavy atom. The predicted octanol–water partition coefficient (Wildman–Crippen LogP) is 1.68. The van der Waals surface area contributed by atoms with E-state index in [9.17, 15) is 9.90 Å². The number of aromatic nitrogens is 2. The van der Waals surface area contributed by atoms with Crippen molar-refractivity contribution in [1.82, 2.24) is 9.97 Å². The molecule has 0 radical (unpaired) electrons. The van der Waals surface area contributed by atoms with Gasteiger partial charge in [0.25, 0.3) is 0 Å². The minimum atomic E-state index is -1.32. The monoisotopic (exact) mass is 500 g/mol. The third-order valence-electron chi connectivity index (χ3n) is 5.43. The molecule has 0 unspecified atom stereocenters. The minimum Gasteiger partial charge on any atom is -0.546 e. The summed E-state index contributed by atoms with van der Waals surface area (Å²) in [7, 11) is 0. The molecule has 0 aliphatic rings. The van der Waals surface area contributed by atoms with Crippen LogP contribution in [0.4, 0.5) is 0 Å². The second-order valence-corrected chi connectivity index (χ2v) is 7.94. The number of fused-ring (bicyclic) bond motifs is 1. The molecule has 7 heteroatoms. The van der Waals surface area contributed by atoms with E-state index < -0.39 is 12.6 Å². The number of carboxylic acid groups (broad SMARTS) is 1. The Kier molecular flexibility index (Phi) is 8.85. The van der Waals surface area contributed by atoms with Crippen molar-refractivity contribution in [2.45, 2.75) is 6.61 Å². The average molecular weight is 501 g/mol. The predicted molar refractivity (Wildman–Crippen MR) is 132 cm³/mol. The Balaban J connectivity index is 0.00000304. The van der Waals surface area contributed by atoms with Crippen molar-refractivity contribution < 1.29 is 70.8 Å². The Morgan fingerprint density at radius 2 is 1.42 bits per heavy atom. The van der Waals surface area contributed by atoms with Gasteiger partial charge in [0.2, 0.25) is 5.88 Å². The van der Waals surface area contributed by atoms with Gasteiger partial charge in [-0.3, -0.25) is 0 Å². The minimum absolute atomic E-state index is 0. The fraction of sp³-hybridized carbons (Fsp3) is 0.0690. The summed E-state index contributed by atoms with van der Waals surface area (Å²) in [5.41, 5.74) is 3.39. The smallest absolute Gasteiger partial charge is 0.546 e. The van der Waals surface area contributed by atoms with Crippen LogP contribution in [-0.2, 0) is 11.4 Å². The van der Waals surface area contributed by atoms with E-state index in [1.165, 1.54) is 0 Å². The van der Waals surface area contributed by atoms with Crippen molar-refractivity contribution in [2.24, 2.45) is 0 Å². The summed E-state index contributed by atoms with van der Waals surface area (Å²) in [6.07, 6.45) is 0. The molecule has 6 nitrogen and oxygen atoms in total. The van der Waals surface area contributed by atoms with Crippen molar-refractivity contribution >= 4 is 16.7 Å². The van der Waals surface area contributed by atoms with Gasteiger partial charge in [0.15, 0.2) is 5.82 Å². The van der Waals surface area contributed by atoms with Crippen molar-refractivity contribution in [3.8, 4) is 34.3 Å². The summed E-state index contributed by atoms with van der Waals surface area (Å²) in [6.45, 7) is -0.0899. The number of hydrogen-bond donors (Lipinski definition) is 0. The van der Waals surface area contributed by atoms with E-state index in [1.54, 1.807) is 6.07 Å². The van der Waals surface area contributed by atoms with Gasteiger partial charge in [-0.2, -0.15) is 4.98 Å². The van der Waals surface area contributed by atoms with Gasteiger partial charge in [-0.25, -0.2) is 4.98 Å². The molecule has 0 aliphatic carbocycles. The number of ether oxygens (including phenoxy) is 2. The number of carbonyl (C=O) groups is 1. The van der Waals surface area contributed by atoms with E-state index >= 15 is 0 Å². The molecular formula is C29H21KN2O4. The molecule has 1 aromatic heterocycles. The van der Waals surface area contributed by atoms with Crippen LogP contribution in [0.2, 0.25) is 0 Å². The standard InChI is InChI=1S/C29H22N2O4.K/c32-28(33)19-35-27-17-26(21-9-5-2-6-10-21)30-29(31-27)24-12-11-23-16-25(14-13-22(23)15-24)34-18-20-7-3-1-4-8-20;/h1-17H,18-19H2,(H,32,33);/q;+1/p-1. The first-order chi connectivity index (χ1) is 17.1. The summed E-state index contributed by atoms with van der Waals surface area (Å²) >= 11 is 0. The second-order valence-electron chi connectivity index (χ2n) is 7.94. The van der Waals surface area contributed by atoms with Gasteiger partial charge in [0.1, 0.15) is 19.0 Å². The zero-order chi connectivity index (χ0) is 24.0. The molecule has 4 aromatic carbocycles. The molecular weight excluding hydrogens is 479 g/mol. The topological polar surface area (TPSA) is 84.4 Å². The van der Waals surface area contributed by atoms with Crippen LogP contribution in [0.1, 0.15) is 5.56 Å². The molecule has 0 atom stereocenters. The van der Waals surface area contributed by atoms with E-state index in [4.69, 9.17) is 14.5 Å². The zero-order valence-electron chi connectivity index (χ0n) is 19.8. The maximum Gasteiger partial charge on any atom is 1.00 e. The van der Waals surface area contributed by atoms with Gasteiger partial charge < -0.3 is 19.4 Å². The van der Waals surface area contributed by atoms with Crippen LogP contribution in [-0.4, -0.2) is 22.5 Å². The number of aliphatic carboxylic acids is 1. The third-order valence-corrected chi connectivity index (χ3v) is 5.43.